The molecule has 0 radical (unpaired) electrons. The van der Waals surface area contributed by atoms with Gasteiger partial charge in [0.1, 0.15) is 0 Å². The lowest BCUT2D eigenvalue weighted by Gasteiger charge is -2.47. The molecule has 6 nitrogen and oxygen atoms in total. The maximum absolute atomic E-state index is 13.8. The largest absolute Gasteiger partial charge is 0.371 e. The fourth-order valence-corrected chi connectivity index (χ4v) is 7.67. The van der Waals surface area contributed by atoms with Crippen molar-refractivity contribution in [2.45, 2.75) is 51.1 Å². The van der Waals surface area contributed by atoms with E-state index in [4.69, 9.17) is 11.6 Å². The maximum atomic E-state index is 13.8. The summed E-state index contributed by atoms with van der Waals surface area (Å²) in [6.45, 7) is 4.34. The van der Waals surface area contributed by atoms with Gasteiger partial charge in [0.25, 0.3) is 11.8 Å². The number of halogens is 1. The van der Waals surface area contributed by atoms with E-state index in [1.807, 2.05) is 41.6 Å². The standard InChI is InChI=1S/C32H33ClN4O2/c33-27-6-1-3-22-21-37(31(39)29(22)27)28-8-7-24-25(28)4-2-5-26(24)30(38)36-19-13-32(14-20-36)11-17-35(18-12-32)23-9-15-34-16-10-23/h1-6,9-10,15-16,28H,7-8,11-14,17-21H2/t28-/m1/s1. The lowest BCUT2D eigenvalue weighted by atomic mass is 9.71. The summed E-state index contributed by atoms with van der Waals surface area (Å²) in [5.41, 5.74) is 6.28. The minimum Gasteiger partial charge on any atom is -0.371 e. The Hall–Kier alpha value is -3.38. The van der Waals surface area contributed by atoms with Crippen molar-refractivity contribution in [3.63, 3.8) is 0 Å². The Bertz CT molecular complexity index is 1420. The number of carbonyl (C=O) groups excluding carboxylic acids is 2. The van der Waals surface area contributed by atoms with E-state index in [2.05, 4.69) is 33.0 Å². The summed E-state index contributed by atoms with van der Waals surface area (Å²) >= 11 is 6.38. The summed E-state index contributed by atoms with van der Waals surface area (Å²) in [6, 6.07) is 15.9. The molecule has 200 valence electrons. The van der Waals surface area contributed by atoms with Gasteiger partial charge in [0.15, 0.2) is 0 Å². The second-order valence-corrected chi connectivity index (χ2v) is 12.0. The van der Waals surface area contributed by atoms with Crippen LogP contribution in [0.4, 0.5) is 5.69 Å². The van der Waals surface area contributed by atoms with E-state index in [1.165, 1.54) is 18.5 Å². The van der Waals surface area contributed by atoms with Gasteiger partial charge in [-0.25, -0.2) is 0 Å². The molecule has 2 saturated heterocycles. The van der Waals surface area contributed by atoms with Crippen molar-refractivity contribution >= 4 is 29.1 Å². The van der Waals surface area contributed by atoms with E-state index in [1.54, 1.807) is 6.07 Å². The molecule has 0 N–H and O–H groups in total. The van der Waals surface area contributed by atoms with Crippen LogP contribution in [0.1, 0.15) is 75.6 Å². The highest BCUT2D eigenvalue weighted by molar-refractivity contribution is 6.34. The highest BCUT2D eigenvalue weighted by atomic mass is 35.5. The molecular weight excluding hydrogens is 508 g/mol. The van der Waals surface area contributed by atoms with Gasteiger partial charge in [0.05, 0.1) is 16.6 Å². The van der Waals surface area contributed by atoms with Gasteiger partial charge in [-0.1, -0.05) is 35.9 Å². The van der Waals surface area contributed by atoms with Crippen molar-refractivity contribution in [1.82, 2.24) is 14.8 Å². The average Bonchev–Trinajstić information content (AvgIpc) is 3.55. The van der Waals surface area contributed by atoms with E-state index in [-0.39, 0.29) is 17.9 Å². The number of nitrogens with zero attached hydrogens (tertiary/aromatic N) is 4. The third kappa shape index (κ3) is 4.20. The maximum Gasteiger partial charge on any atom is 0.256 e. The van der Waals surface area contributed by atoms with Crippen LogP contribution in [-0.2, 0) is 13.0 Å². The van der Waals surface area contributed by atoms with Crippen molar-refractivity contribution in [2.75, 3.05) is 31.1 Å². The molecule has 7 rings (SSSR count). The number of anilines is 1. The fourth-order valence-electron chi connectivity index (χ4n) is 7.40. The van der Waals surface area contributed by atoms with E-state index in [9.17, 15) is 9.59 Å². The monoisotopic (exact) mass is 540 g/mol. The first kappa shape index (κ1) is 24.6. The molecule has 2 aromatic carbocycles. The molecule has 3 aliphatic heterocycles. The Kier molecular flexibility index (Phi) is 6.11. The summed E-state index contributed by atoms with van der Waals surface area (Å²) in [5, 5.41) is 0.521. The smallest absolute Gasteiger partial charge is 0.256 e. The first-order chi connectivity index (χ1) is 19.0. The number of pyridine rings is 1. The van der Waals surface area contributed by atoms with Crippen LogP contribution in [-0.4, -0.2) is 52.8 Å². The van der Waals surface area contributed by atoms with Crippen molar-refractivity contribution in [2.24, 2.45) is 5.41 Å². The van der Waals surface area contributed by atoms with Crippen LogP contribution in [0.3, 0.4) is 0 Å². The van der Waals surface area contributed by atoms with Gasteiger partial charge in [0, 0.05) is 56.4 Å². The van der Waals surface area contributed by atoms with E-state index in [0.29, 0.717) is 22.5 Å². The highest BCUT2D eigenvalue weighted by Crippen LogP contribution is 2.44. The van der Waals surface area contributed by atoms with Crippen LogP contribution in [0, 0.1) is 5.41 Å². The zero-order chi connectivity index (χ0) is 26.6. The summed E-state index contributed by atoms with van der Waals surface area (Å²) < 4.78 is 0. The molecule has 1 atom stereocenters. The predicted molar refractivity (Wildman–Crippen MR) is 152 cm³/mol. The van der Waals surface area contributed by atoms with Crippen LogP contribution in [0.25, 0.3) is 0 Å². The first-order valence-corrected chi connectivity index (χ1v) is 14.6. The molecule has 0 unspecified atom stereocenters. The van der Waals surface area contributed by atoms with Crippen molar-refractivity contribution in [1.29, 1.82) is 0 Å². The number of benzene rings is 2. The molecule has 4 heterocycles. The Morgan fingerprint density at radius 2 is 1.64 bits per heavy atom. The van der Waals surface area contributed by atoms with Gasteiger partial charge in [-0.3, -0.25) is 14.6 Å². The number of aromatic nitrogens is 1. The second-order valence-electron chi connectivity index (χ2n) is 11.6. The molecule has 0 bridgehead atoms. The molecule has 0 saturated carbocycles. The quantitative estimate of drug-likeness (QED) is 0.415. The van der Waals surface area contributed by atoms with E-state index < -0.39 is 0 Å². The molecule has 1 aliphatic carbocycles. The number of carbonyl (C=O) groups is 2. The van der Waals surface area contributed by atoms with Crippen LogP contribution in [0.2, 0.25) is 5.02 Å². The third-order valence-corrected chi connectivity index (χ3v) is 10.0. The zero-order valence-corrected chi connectivity index (χ0v) is 22.9. The summed E-state index contributed by atoms with van der Waals surface area (Å²) in [5.74, 6) is 0.150. The molecule has 3 aromatic rings. The number of hydrogen-bond donors (Lipinski definition) is 0. The molecule has 1 aromatic heterocycles. The summed E-state index contributed by atoms with van der Waals surface area (Å²) in [6.07, 6.45) is 9.89. The molecule has 2 amide bonds. The molecule has 2 fully saturated rings. The first-order valence-electron chi connectivity index (χ1n) is 14.2. The van der Waals surface area contributed by atoms with Gasteiger partial charge in [-0.2, -0.15) is 0 Å². The SMILES string of the molecule is O=C(c1cccc2c1CC[C@H]2N1Cc2cccc(Cl)c2C1=O)N1CCC2(CC1)CCN(c1ccncc1)CC2. The van der Waals surface area contributed by atoms with Gasteiger partial charge in [-0.15, -0.1) is 0 Å². The zero-order valence-electron chi connectivity index (χ0n) is 22.1. The number of piperidine rings is 2. The van der Waals surface area contributed by atoms with Gasteiger partial charge < -0.3 is 14.7 Å². The predicted octanol–water partition coefficient (Wildman–Crippen LogP) is 5.90. The lowest BCUT2D eigenvalue weighted by molar-refractivity contribution is 0.0514. The lowest BCUT2D eigenvalue weighted by Crippen LogP contribution is -2.48. The number of amides is 2. The van der Waals surface area contributed by atoms with Gasteiger partial charge in [-0.05, 0) is 84.9 Å². The molecule has 1 spiro atoms. The second kappa shape index (κ2) is 9.67. The van der Waals surface area contributed by atoms with E-state index in [0.717, 1.165) is 74.1 Å². The highest BCUT2D eigenvalue weighted by Gasteiger charge is 2.41. The number of fused-ring (bicyclic) bond motifs is 2. The van der Waals surface area contributed by atoms with Gasteiger partial charge >= 0.3 is 0 Å². The minimum atomic E-state index is -0.0149. The van der Waals surface area contributed by atoms with Crippen LogP contribution in [0.15, 0.2) is 60.9 Å². The number of hydrogen-bond acceptors (Lipinski definition) is 4. The molecular formula is C32H33ClN4O2. The topological polar surface area (TPSA) is 56.8 Å². The summed E-state index contributed by atoms with van der Waals surface area (Å²) in [7, 11) is 0. The summed E-state index contributed by atoms with van der Waals surface area (Å²) in [4.78, 5) is 37.7. The Labute approximate surface area is 234 Å². The Morgan fingerprint density at radius 1 is 0.923 bits per heavy atom. The average molecular weight is 541 g/mol. The minimum absolute atomic E-state index is 0.00138. The molecule has 7 heteroatoms. The fraction of sp³-hybridized carbons (Fsp3) is 0.406. The normalized spacial score (nSPS) is 21.8. The number of likely N-dealkylation sites (tertiary alicyclic amines) is 1. The molecule has 4 aliphatic rings. The van der Waals surface area contributed by atoms with Crippen molar-refractivity contribution in [3.8, 4) is 0 Å². The van der Waals surface area contributed by atoms with Crippen LogP contribution >= 0.6 is 11.6 Å². The Morgan fingerprint density at radius 3 is 2.38 bits per heavy atom. The van der Waals surface area contributed by atoms with Gasteiger partial charge in [0.2, 0.25) is 0 Å². The van der Waals surface area contributed by atoms with E-state index >= 15 is 0 Å². The van der Waals surface area contributed by atoms with Crippen molar-refractivity contribution in [3.05, 3.63) is 93.8 Å². The van der Waals surface area contributed by atoms with Crippen LogP contribution in [0.5, 0.6) is 0 Å². The van der Waals surface area contributed by atoms with Crippen LogP contribution < -0.4 is 4.90 Å². The third-order valence-electron chi connectivity index (χ3n) is 9.72. The number of rotatable bonds is 3. The Balaban J connectivity index is 1.03. The van der Waals surface area contributed by atoms with Crippen molar-refractivity contribution < 1.29 is 9.59 Å². The molecule has 39 heavy (non-hydrogen) atoms.